The predicted molar refractivity (Wildman–Crippen MR) is 28.6 cm³/mol. The Morgan fingerprint density at radius 2 is 2.71 bits per heavy atom. The van der Waals surface area contributed by atoms with Gasteiger partial charge in [-0.3, -0.25) is 0 Å². The van der Waals surface area contributed by atoms with E-state index in [1.54, 1.807) is 6.21 Å². The molecule has 3 heteroatoms. The van der Waals surface area contributed by atoms with Crippen molar-refractivity contribution in [2.24, 2.45) is 10.2 Å². The average Bonchev–Trinajstić information content (AvgIpc) is 1.69. The van der Waals surface area contributed by atoms with Gasteiger partial charge in [-0.05, 0) is 0 Å². The molecule has 1 aliphatic heterocycles. The second-order valence-electron chi connectivity index (χ2n) is 1.38. The zero-order valence-electron chi connectivity index (χ0n) is 4.13. The number of rotatable bonds is 0. The summed E-state index contributed by atoms with van der Waals surface area (Å²) in [5, 5.41) is 7.08. The maximum Gasteiger partial charge on any atom is 0.196 e. The molecule has 0 aromatic heterocycles. The Morgan fingerprint density at radius 1 is 1.86 bits per heavy atom. The third kappa shape index (κ3) is 0.994. The Balaban J connectivity index is 2.49. The van der Waals surface area contributed by atoms with Crippen LogP contribution in [0.5, 0.6) is 0 Å². The molecule has 37 valence electrons. The lowest BCUT2D eigenvalue weighted by molar-refractivity contribution is 0.592. The van der Waals surface area contributed by atoms with Crippen molar-refractivity contribution >= 4 is 12.6 Å². The first-order valence-corrected chi connectivity index (χ1v) is 2.08. The van der Waals surface area contributed by atoms with Crippen molar-refractivity contribution in [3.8, 4) is 0 Å². The molecule has 0 fully saturated rings. The van der Waals surface area contributed by atoms with Gasteiger partial charge < -0.3 is 4.90 Å². The summed E-state index contributed by atoms with van der Waals surface area (Å²) in [6.07, 6.45) is 4.38. The van der Waals surface area contributed by atoms with E-state index in [-0.39, 0.29) is 0 Å². The van der Waals surface area contributed by atoms with Gasteiger partial charge in [-0.25, -0.2) is 0 Å². The van der Waals surface area contributed by atoms with Crippen LogP contribution in [0.1, 0.15) is 0 Å². The molecule has 1 radical (unpaired) electrons. The quantitative estimate of drug-likeness (QED) is 0.411. The van der Waals surface area contributed by atoms with Gasteiger partial charge in [0.2, 0.25) is 0 Å². The van der Waals surface area contributed by atoms with E-state index in [0.29, 0.717) is 0 Å². The first kappa shape index (κ1) is 4.30. The molecule has 0 bridgehead atoms. The Morgan fingerprint density at radius 3 is 3.00 bits per heavy atom. The van der Waals surface area contributed by atoms with Crippen LogP contribution >= 0.6 is 0 Å². The van der Waals surface area contributed by atoms with Crippen LogP contribution in [0.4, 0.5) is 0 Å². The van der Waals surface area contributed by atoms with Crippen LogP contribution in [0.25, 0.3) is 0 Å². The topological polar surface area (TPSA) is 28.0 Å². The summed E-state index contributed by atoms with van der Waals surface area (Å²) in [5.74, 6) is 0. The molecule has 1 aliphatic rings. The van der Waals surface area contributed by atoms with Crippen LogP contribution in [0.3, 0.4) is 0 Å². The maximum absolute atomic E-state index is 3.57. The van der Waals surface area contributed by atoms with Gasteiger partial charge in [0.25, 0.3) is 0 Å². The first-order valence-electron chi connectivity index (χ1n) is 2.08. The minimum Gasteiger partial charge on any atom is -0.350 e. The van der Waals surface area contributed by atoms with E-state index in [2.05, 4.69) is 16.5 Å². The van der Waals surface area contributed by atoms with E-state index in [1.807, 2.05) is 11.9 Å². The lowest BCUT2D eigenvalue weighted by Crippen LogP contribution is -2.20. The lowest BCUT2D eigenvalue weighted by atomic mass is 10.6. The molecular formula is C4H6N3. The normalized spacial score (nSPS) is 18.1. The number of nitrogens with zero attached hydrogens (tertiary/aromatic N) is 3. The van der Waals surface area contributed by atoms with Crippen molar-refractivity contribution in [3.63, 3.8) is 0 Å². The SMILES string of the molecule is CN1[C]=NN=CC1. The predicted octanol–water partition coefficient (Wildman–Crippen LogP) is -0.177. The molecule has 0 aromatic carbocycles. The van der Waals surface area contributed by atoms with Crippen molar-refractivity contribution in [3.05, 3.63) is 0 Å². The zero-order chi connectivity index (χ0) is 5.11. The van der Waals surface area contributed by atoms with Gasteiger partial charge in [0, 0.05) is 13.3 Å². The molecule has 1 heterocycles. The Bertz CT molecular complexity index is 106. The lowest BCUT2D eigenvalue weighted by Gasteiger charge is -2.07. The molecule has 0 aromatic rings. The van der Waals surface area contributed by atoms with Crippen molar-refractivity contribution < 1.29 is 0 Å². The smallest absolute Gasteiger partial charge is 0.196 e. The Labute approximate surface area is 42.3 Å². The van der Waals surface area contributed by atoms with Gasteiger partial charge in [-0.15, -0.1) is 5.10 Å². The van der Waals surface area contributed by atoms with Gasteiger partial charge in [0.05, 0.1) is 6.54 Å². The zero-order valence-corrected chi connectivity index (χ0v) is 4.13. The minimum atomic E-state index is 0.823. The summed E-state index contributed by atoms with van der Waals surface area (Å²) >= 11 is 0. The molecule has 0 saturated heterocycles. The molecule has 0 N–H and O–H groups in total. The van der Waals surface area contributed by atoms with E-state index >= 15 is 0 Å². The van der Waals surface area contributed by atoms with Crippen molar-refractivity contribution in [2.45, 2.75) is 0 Å². The second-order valence-corrected chi connectivity index (χ2v) is 1.38. The van der Waals surface area contributed by atoms with Crippen molar-refractivity contribution in [2.75, 3.05) is 13.6 Å². The molecule has 7 heavy (non-hydrogen) atoms. The van der Waals surface area contributed by atoms with Gasteiger partial charge >= 0.3 is 0 Å². The summed E-state index contributed by atoms with van der Waals surface area (Å²) in [6, 6.07) is 0. The van der Waals surface area contributed by atoms with Crippen molar-refractivity contribution in [1.29, 1.82) is 0 Å². The van der Waals surface area contributed by atoms with E-state index in [4.69, 9.17) is 0 Å². The van der Waals surface area contributed by atoms with Crippen LogP contribution < -0.4 is 0 Å². The number of hydrogen-bond acceptors (Lipinski definition) is 3. The molecular weight excluding hydrogens is 90.1 g/mol. The van der Waals surface area contributed by atoms with Crippen LogP contribution in [-0.2, 0) is 0 Å². The molecule has 1 rings (SSSR count). The minimum absolute atomic E-state index is 0.823. The van der Waals surface area contributed by atoms with E-state index in [0.717, 1.165) is 6.54 Å². The molecule has 0 spiro atoms. The second kappa shape index (κ2) is 1.73. The molecule has 3 nitrogen and oxygen atoms in total. The molecule has 0 amide bonds. The van der Waals surface area contributed by atoms with Crippen LogP contribution in [0.15, 0.2) is 10.2 Å². The fourth-order valence-electron chi connectivity index (χ4n) is 0.343. The summed E-state index contributed by atoms with van der Waals surface area (Å²) < 4.78 is 0. The highest BCUT2D eigenvalue weighted by Gasteiger charge is 1.90. The standard InChI is InChI=1S/C4H6N3/c1-7-3-2-5-6-4-7/h2H,3H2,1H3. The van der Waals surface area contributed by atoms with Crippen LogP contribution in [0.2, 0.25) is 0 Å². The van der Waals surface area contributed by atoms with Gasteiger partial charge in [-0.2, -0.15) is 5.10 Å². The monoisotopic (exact) mass is 96.1 g/mol. The summed E-state index contributed by atoms with van der Waals surface area (Å²) in [4.78, 5) is 1.83. The Hall–Kier alpha value is -0.860. The third-order valence-corrected chi connectivity index (χ3v) is 0.710. The highest BCUT2D eigenvalue weighted by molar-refractivity contribution is 5.69. The van der Waals surface area contributed by atoms with Crippen molar-refractivity contribution in [1.82, 2.24) is 4.90 Å². The van der Waals surface area contributed by atoms with Gasteiger partial charge in [0.1, 0.15) is 0 Å². The third-order valence-electron chi connectivity index (χ3n) is 0.710. The highest BCUT2D eigenvalue weighted by atomic mass is 15.3. The van der Waals surface area contributed by atoms with E-state index in [1.165, 1.54) is 0 Å². The summed E-state index contributed by atoms with van der Waals surface area (Å²) in [7, 11) is 1.90. The maximum atomic E-state index is 3.57. The van der Waals surface area contributed by atoms with Gasteiger partial charge in [-0.1, -0.05) is 0 Å². The Kier molecular flexibility index (Phi) is 1.06. The fraction of sp³-hybridized carbons (Fsp3) is 0.500. The fourth-order valence-corrected chi connectivity index (χ4v) is 0.343. The molecule has 0 saturated carbocycles. The molecule has 0 atom stereocenters. The van der Waals surface area contributed by atoms with Gasteiger partial charge in [0.15, 0.2) is 6.34 Å². The number of hydrogen-bond donors (Lipinski definition) is 0. The van der Waals surface area contributed by atoms with E-state index < -0.39 is 0 Å². The summed E-state index contributed by atoms with van der Waals surface area (Å²) in [5.41, 5.74) is 0. The van der Waals surface area contributed by atoms with Crippen LogP contribution in [-0.4, -0.2) is 31.0 Å². The molecule has 0 aliphatic carbocycles. The largest absolute Gasteiger partial charge is 0.350 e. The first-order chi connectivity index (χ1) is 3.39. The highest BCUT2D eigenvalue weighted by Crippen LogP contribution is 1.80. The summed E-state index contributed by atoms with van der Waals surface area (Å²) in [6.45, 7) is 0.823. The average molecular weight is 96.1 g/mol. The van der Waals surface area contributed by atoms with Crippen LogP contribution in [0, 0.1) is 0 Å². The van der Waals surface area contributed by atoms with E-state index in [9.17, 15) is 0 Å². The molecule has 0 unspecified atom stereocenters.